The number of amides is 1. The molecule has 0 atom stereocenters. The number of anilines is 2. The van der Waals surface area contributed by atoms with E-state index >= 15 is 0 Å². The van der Waals surface area contributed by atoms with Gasteiger partial charge in [-0.3, -0.25) is 4.79 Å². The molecule has 0 aromatic heterocycles. The van der Waals surface area contributed by atoms with Crippen molar-refractivity contribution in [3.8, 4) is 5.75 Å². The third-order valence-corrected chi connectivity index (χ3v) is 3.41. The van der Waals surface area contributed by atoms with E-state index in [2.05, 4.69) is 28.9 Å². The summed E-state index contributed by atoms with van der Waals surface area (Å²) >= 11 is 0. The number of rotatable bonds is 7. The SMILES string of the molecule is C=CCN(Cc1ccccc1)c1cc(NC(C)=O)ccc1OC. The van der Waals surface area contributed by atoms with Gasteiger partial charge in [0.25, 0.3) is 0 Å². The molecule has 120 valence electrons. The Morgan fingerprint density at radius 3 is 2.61 bits per heavy atom. The van der Waals surface area contributed by atoms with Crippen LogP contribution < -0.4 is 15.0 Å². The standard InChI is InChI=1S/C19H22N2O2/c1-4-12-21(14-16-8-6-5-7-9-16)18-13-17(20-15(2)22)10-11-19(18)23-3/h4-11,13H,1,12,14H2,2-3H3,(H,20,22). The van der Waals surface area contributed by atoms with Gasteiger partial charge in [0, 0.05) is 25.7 Å². The molecule has 1 N–H and O–H groups in total. The van der Waals surface area contributed by atoms with Gasteiger partial charge in [0.05, 0.1) is 12.8 Å². The summed E-state index contributed by atoms with van der Waals surface area (Å²) in [5.74, 6) is 0.663. The van der Waals surface area contributed by atoms with Crippen LogP contribution in [-0.2, 0) is 11.3 Å². The molecule has 0 aliphatic carbocycles. The molecule has 0 unspecified atom stereocenters. The van der Waals surface area contributed by atoms with Crippen molar-refractivity contribution in [3.63, 3.8) is 0 Å². The molecule has 4 heteroatoms. The molecule has 2 aromatic carbocycles. The predicted octanol–water partition coefficient (Wildman–Crippen LogP) is 3.85. The van der Waals surface area contributed by atoms with Crippen molar-refractivity contribution in [1.82, 2.24) is 0 Å². The zero-order chi connectivity index (χ0) is 16.7. The van der Waals surface area contributed by atoms with Gasteiger partial charge >= 0.3 is 0 Å². The zero-order valence-corrected chi connectivity index (χ0v) is 13.6. The molecule has 0 heterocycles. The minimum Gasteiger partial charge on any atom is -0.495 e. The van der Waals surface area contributed by atoms with Crippen LogP contribution in [0, 0.1) is 0 Å². The van der Waals surface area contributed by atoms with Crippen LogP contribution in [0.15, 0.2) is 61.2 Å². The molecule has 0 fully saturated rings. The monoisotopic (exact) mass is 310 g/mol. The first-order chi connectivity index (χ1) is 11.1. The number of hydrogen-bond acceptors (Lipinski definition) is 3. The molecule has 2 aromatic rings. The van der Waals surface area contributed by atoms with Gasteiger partial charge < -0.3 is 15.0 Å². The van der Waals surface area contributed by atoms with E-state index in [0.29, 0.717) is 6.54 Å². The highest BCUT2D eigenvalue weighted by atomic mass is 16.5. The second-order valence-corrected chi connectivity index (χ2v) is 5.22. The highest BCUT2D eigenvalue weighted by Crippen LogP contribution is 2.32. The lowest BCUT2D eigenvalue weighted by atomic mass is 10.1. The fourth-order valence-electron chi connectivity index (χ4n) is 2.43. The minimum atomic E-state index is -0.0977. The van der Waals surface area contributed by atoms with Gasteiger partial charge in [-0.25, -0.2) is 0 Å². The molecule has 0 aliphatic heterocycles. The summed E-state index contributed by atoms with van der Waals surface area (Å²) in [6.45, 7) is 6.74. The van der Waals surface area contributed by atoms with Crippen molar-refractivity contribution in [3.05, 3.63) is 66.7 Å². The Hall–Kier alpha value is -2.75. The molecular weight excluding hydrogens is 288 g/mol. The number of carbonyl (C=O) groups excluding carboxylic acids is 1. The van der Waals surface area contributed by atoms with E-state index in [0.717, 1.165) is 23.7 Å². The fourth-order valence-corrected chi connectivity index (χ4v) is 2.43. The average molecular weight is 310 g/mol. The second kappa shape index (κ2) is 8.03. The van der Waals surface area contributed by atoms with Crippen LogP contribution in [0.5, 0.6) is 5.75 Å². The Morgan fingerprint density at radius 1 is 1.26 bits per heavy atom. The quantitative estimate of drug-likeness (QED) is 0.790. The number of hydrogen-bond donors (Lipinski definition) is 1. The van der Waals surface area contributed by atoms with Gasteiger partial charge in [-0.05, 0) is 23.8 Å². The summed E-state index contributed by atoms with van der Waals surface area (Å²) in [4.78, 5) is 13.5. The largest absolute Gasteiger partial charge is 0.495 e. The van der Waals surface area contributed by atoms with Crippen molar-refractivity contribution in [1.29, 1.82) is 0 Å². The van der Waals surface area contributed by atoms with Crippen LogP contribution in [0.25, 0.3) is 0 Å². The first-order valence-electron chi connectivity index (χ1n) is 7.49. The molecule has 1 amide bonds. The summed E-state index contributed by atoms with van der Waals surface area (Å²) in [7, 11) is 1.64. The van der Waals surface area contributed by atoms with Crippen LogP contribution in [0.2, 0.25) is 0 Å². The number of ether oxygens (including phenoxy) is 1. The van der Waals surface area contributed by atoms with Crippen molar-refractivity contribution >= 4 is 17.3 Å². The number of methoxy groups -OCH3 is 1. The smallest absolute Gasteiger partial charge is 0.221 e. The van der Waals surface area contributed by atoms with Crippen molar-refractivity contribution in [2.75, 3.05) is 23.9 Å². The van der Waals surface area contributed by atoms with E-state index in [1.165, 1.54) is 12.5 Å². The van der Waals surface area contributed by atoms with Crippen LogP contribution in [0.4, 0.5) is 11.4 Å². The lowest BCUT2D eigenvalue weighted by molar-refractivity contribution is -0.114. The summed E-state index contributed by atoms with van der Waals surface area (Å²) in [5.41, 5.74) is 2.86. The molecule has 0 spiro atoms. The van der Waals surface area contributed by atoms with Crippen molar-refractivity contribution in [2.24, 2.45) is 0 Å². The number of nitrogens with one attached hydrogen (secondary N) is 1. The van der Waals surface area contributed by atoms with Gasteiger partial charge in [0.15, 0.2) is 0 Å². The fraction of sp³-hybridized carbons (Fsp3) is 0.211. The van der Waals surface area contributed by atoms with E-state index in [1.54, 1.807) is 7.11 Å². The number of carbonyl (C=O) groups is 1. The molecular formula is C19H22N2O2. The van der Waals surface area contributed by atoms with Gasteiger partial charge in [0.2, 0.25) is 5.91 Å². The Labute approximate surface area is 137 Å². The van der Waals surface area contributed by atoms with Crippen LogP contribution >= 0.6 is 0 Å². The Morgan fingerprint density at radius 2 is 2.00 bits per heavy atom. The normalized spacial score (nSPS) is 10.0. The molecule has 0 bridgehead atoms. The maximum atomic E-state index is 11.3. The van der Waals surface area contributed by atoms with Gasteiger partial charge in [-0.1, -0.05) is 36.4 Å². The highest BCUT2D eigenvalue weighted by molar-refractivity contribution is 5.89. The van der Waals surface area contributed by atoms with Crippen LogP contribution in [-0.4, -0.2) is 19.6 Å². The van der Waals surface area contributed by atoms with E-state index in [1.807, 2.05) is 42.5 Å². The zero-order valence-electron chi connectivity index (χ0n) is 13.6. The lowest BCUT2D eigenvalue weighted by Gasteiger charge is -2.26. The molecule has 0 saturated heterocycles. The van der Waals surface area contributed by atoms with Gasteiger partial charge in [0.1, 0.15) is 5.75 Å². The Balaban J connectivity index is 2.35. The molecule has 2 rings (SSSR count). The average Bonchev–Trinajstić information content (AvgIpc) is 2.55. The second-order valence-electron chi connectivity index (χ2n) is 5.22. The molecule has 0 radical (unpaired) electrons. The first-order valence-corrected chi connectivity index (χ1v) is 7.49. The summed E-state index contributed by atoms with van der Waals surface area (Å²) in [6, 6.07) is 15.8. The van der Waals surface area contributed by atoms with Crippen molar-refractivity contribution in [2.45, 2.75) is 13.5 Å². The van der Waals surface area contributed by atoms with Crippen LogP contribution in [0.1, 0.15) is 12.5 Å². The summed E-state index contributed by atoms with van der Waals surface area (Å²) in [5, 5.41) is 2.81. The lowest BCUT2D eigenvalue weighted by Crippen LogP contribution is -2.23. The van der Waals surface area contributed by atoms with E-state index in [-0.39, 0.29) is 5.91 Å². The summed E-state index contributed by atoms with van der Waals surface area (Å²) < 4.78 is 5.48. The maximum absolute atomic E-state index is 11.3. The Kier molecular flexibility index (Phi) is 5.80. The first kappa shape index (κ1) is 16.6. The van der Waals surface area contributed by atoms with Crippen LogP contribution in [0.3, 0.4) is 0 Å². The molecule has 4 nitrogen and oxygen atoms in total. The molecule has 0 aliphatic rings. The maximum Gasteiger partial charge on any atom is 0.221 e. The van der Waals surface area contributed by atoms with E-state index < -0.39 is 0 Å². The minimum absolute atomic E-state index is 0.0977. The third-order valence-electron chi connectivity index (χ3n) is 3.41. The van der Waals surface area contributed by atoms with Gasteiger partial charge in [-0.2, -0.15) is 0 Å². The Bertz CT molecular complexity index is 668. The molecule has 0 saturated carbocycles. The van der Waals surface area contributed by atoms with E-state index in [4.69, 9.17) is 4.74 Å². The van der Waals surface area contributed by atoms with E-state index in [9.17, 15) is 4.79 Å². The highest BCUT2D eigenvalue weighted by Gasteiger charge is 2.13. The van der Waals surface area contributed by atoms with Crippen molar-refractivity contribution < 1.29 is 9.53 Å². The summed E-state index contributed by atoms with van der Waals surface area (Å²) in [6.07, 6.45) is 1.85. The predicted molar refractivity (Wildman–Crippen MR) is 95.0 cm³/mol. The molecule has 23 heavy (non-hydrogen) atoms. The topological polar surface area (TPSA) is 41.6 Å². The number of nitrogens with zero attached hydrogens (tertiary/aromatic N) is 1. The van der Waals surface area contributed by atoms with Gasteiger partial charge in [-0.15, -0.1) is 6.58 Å². The third kappa shape index (κ3) is 4.61. The number of benzene rings is 2.